The Morgan fingerprint density at radius 2 is 1.95 bits per heavy atom. The van der Waals surface area contributed by atoms with Crippen molar-refractivity contribution in [2.24, 2.45) is 0 Å². The number of amides is 1. The van der Waals surface area contributed by atoms with Gasteiger partial charge in [-0.3, -0.25) is 4.79 Å². The molecule has 0 aliphatic carbocycles. The minimum atomic E-state index is -3.33. The van der Waals surface area contributed by atoms with Crippen LogP contribution in [0.2, 0.25) is 0 Å². The molecule has 0 spiro atoms. The fraction of sp³-hybridized carbons (Fsp3) is 0.462. The molecule has 0 aliphatic heterocycles. The van der Waals surface area contributed by atoms with Gasteiger partial charge in [-0.25, -0.2) is 12.8 Å². The molecular formula is C13H18FNO4S2. The lowest BCUT2D eigenvalue weighted by Crippen LogP contribution is -2.41. The monoisotopic (exact) mass is 335 g/mol. The second-order valence-electron chi connectivity index (χ2n) is 4.55. The van der Waals surface area contributed by atoms with Crippen molar-refractivity contribution in [2.45, 2.75) is 17.0 Å². The zero-order chi connectivity index (χ0) is 16.0. The second kappa shape index (κ2) is 7.77. The minimum Gasteiger partial charge on any atom is -0.386 e. The third-order valence-corrected chi connectivity index (χ3v) is 4.50. The van der Waals surface area contributed by atoms with Gasteiger partial charge in [0, 0.05) is 6.26 Å². The summed E-state index contributed by atoms with van der Waals surface area (Å²) in [6.07, 6.45) is 1.57. The normalized spacial score (nSPS) is 14.5. The highest BCUT2D eigenvalue weighted by Crippen LogP contribution is 2.20. The number of halogens is 1. The van der Waals surface area contributed by atoms with Gasteiger partial charge in [0.15, 0.2) is 9.84 Å². The van der Waals surface area contributed by atoms with Crippen molar-refractivity contribution >= 4 is 27.5 Å². The van der Waals surface area contributed by atoms with Crippen LogP contribution in [0.5, 0.6) is 0 Å². The molecule has 2 N–H and O–H groups in total. The van der Waals surface area contributed by atoms with Crippen LogP contribution >= 0.6 is 11.8 Å². The molecule has 1 aromatic carbocycles. The van der Waals surface area contributed by atoms with Gasteiger partial charge in [-0.2, -0.15) is 11.8 Å². The Labute approximate surface area is 127 Å². The van der Waals surface area contributed by atoms with Gasteiger partial charge in [0.05, 0.1) is 16.7 Å². The van der Waals surface area contributed by atoms with Gasteiger partial charge >= 0.3 is 0 Å². The molecule has 21 heavy (non-hydrogen) atoms. The highest BCUT2D eigenvalue weighted by molar-refractivity contribution is 7.99. The quantitative estimate of drug-likeness (QED) is 0.775. The number of benzene rings is 1. The van der Waals surface area contributed by atoms with Crippen molar-refractivity contribution in [1.29, 1.82) is 0 Å². The number of carbonyl (C=O) groups excluding carboxylic acids is 1. The fourth-order valence-corrected chi connectivity index (χ4v) is 2.70. The van der Waals surface area contributed by atoms with E-state index in [1.165, 1.54) is 36.0 Å². The second-order valence-corrected chi connectivity index (χ2v) is 7.43. The molecule has 8 heteroatoms. The first-order valence-corrected chi connectivity index (χ1v) is 9.40. The largest absolute Gasteiger partial charge is 0.386 e. The van der Waals surface area contributed by atoms with Crippen LogP contribution in [0.1, 0.15) is 11.7 Å². The fourth-order valence-electron chi connectivity index (χ4n) is 1.73. The van der Waals surface area contributed by atoms with Crippen LogP contribution < -0.4 is 5.32 Å². The van der Waals surface area contributed by atoms with Crippen LogP contribution in [0.15, 0.2) is 29.2 Å². The molecule has 0 fully saturated rings. The molecule has 0 heterocycles. The summed E-state index contributed by atoms with van der Waals surface area (Å²) in [5, 5.41) is 12.5. The number of nitrogens with one attached hydrogen (secondary N) is 1. The summed E-state index contributed by atoms with van der Waals surface area (Å²) in [6, 6.07) is 4.43. The maximum absolute atomic E-state index is 13.0. The van der Waals surface area contributed by atoms with E-state index < -0.39 is 28.7 Å². The lowest BCUT2D eigenvalue weighted by Gasteiger charge is -2.21. The van der Waals surface area contributed by atoms with E-state index in [0.717, 1.165) is 6.26 Å². The minimum absolute atomic E-state index is 0.113. The maximum atomic E-state index is 13.0. The van der Waals surface area contributed by atoms with E-state index in [1.54, 1.807) is 6.26 Å². The molecule has 5 nitrogen and oxygen atoms in total. The standard InChI is InChI=1S/C13H18FNO4S2/c1-20-8-12(16)15-11(7-14)13(17)9-3-5-10(6-4-9)21(2,18)19/h3-6,11,13,17H,7-8H2,1-2H3,(H,15,16)/t11-,13-/m1/s1. The number of rotatable bonds is 7. The van der Waals surface area contributed by atoms with E-state index in [-0.39, 0.29) is 16.6 Å². The van der Waals surface area contributed by atoms with E-state index in [0.29, 0.717) is 5.56 Å². The summed E-state index contributed by atoms with van der Waals surface area (Å²) in [7, 11) is -3.33. The van der Waals surface area contributed by atoms with Crippen LogP contribution in [-0.2, 0) is 14.6 Å². The Kier molecular flexibility index (Phi) is 6.63. The molecular weight excluding hydrogens is 317 g/mol. The number of hydrogen-bond donors (Lipinski definition) is 2. The average Bonchev–Trinajstić information content (AvgIpc) is 2.43. The third-order valence-electron chi connectivity index (χ3n) is 2.82. The average molecular weight is 335 g/mol. The van der Waals surface area contributed by atoms with Gasteiger partial charge in [0.1, 0.15) is 12.8 Å². The molecule has 2 atom stereocenters. The van der Waals surface area contributed by atoms with Crippen molar-refractivity contribution < 1.29 is 22.7 Å². The number of aliphatic hydroxyl groups excluding tert-OH is 1. The Hall–Kier alpha value is -1.12. The number of carbonyl (C=O) groups is 1. The molecule has 0 aliphatic rings. The van der Waals surface area contributed by atoms with E-state index in [9.17, 15) is 22.7 Å². The maximum Gasteiger partial charge on any atom is 0.230 e. The van der Waals surface area contributed by atoms with Crippen molar-refractivity contribution in [3.63, 3.8) is 0 Å². The summed E-state index contributed by atoms with van der Waals surface area (Å²) >= 11 is 1.29. The van der Waals surface area contributed by atoms with Crippen molar-refractivity contribution in [2.75, 3.05) is 24.9 Å². The predicted octanol–water partition coefficient (Wildman–Crippen LogP) is 0.941. The smallest absolute Gasteiger partial charge is 0.230 e. The number of hydrogen-bond acceptors (Lipinski definition) is 5. The zero-order valence-electron chi connectivity index (χ0n) is 11.7. The van der Waals surface area contributed by atoms with E-state index in [4.69, 9.17) is 0 Å². The summed E-state index contributed by atoms with van der Waals surface area (Å²) in [6.45, 7) is -0.922. The number of alkyl halides is 1. The van der Waals surface area contributed by atoms with Crippen LogP contribution in [-0.4, -0.2) is 50.4 Å². The Morgan fingerprint density at radius 3 is 2.38 bits per heavy atom. The van der Waals surface area contributed by atoms with Gasteiger partial charge < -0.3 is 10.4 Å². The van der Waals surface area contributed by atoms with Crippen LogP contribution in [0.3, 0.4) is 0 Å². The molecule has 0 radical (unpaired) electrons. The van der Waals surface area contributed by atoms with Gasteiger partial charge in [-0.15, -0.1) is 0 Å². The van der Waals surface area contributed by atoms with Crippen molar-refractivity contribution in [3.8, 4) is 0 Å². The molecule has 0 bridgehead atoms. The molecule has 1 amide bonds. The van der Waals surface area contributed by atoms with Crippen LogP contribution in [0, 0.1) is 0 Å². The van der Waals surface area contributed by atoms with Gasteiger partial charge in [0.2, 0.25) is 5.91 Å². The molecule has 118 valence electrons. The first-order valence-electron chi connectivity index (χ1n) is 6.12. The summed E-state index contributed by atoms with van der Waals surface area (Å²) < 4.78 is 35.7. The molecule has 1 aromatic rings. The summed E-state index contributed by atoms with van der Waals surface area (Å²) in [5.74, 6) is -0.187. The van der Waals surface area contributed by atoms with Crippen molar-refractivity contribution in [1.82, 2.24) is 5.32 Å². The number of sulfone groups is 1. The highest BCUT2D eigenvalue weighted by Gasteiger charge is 2.23. The van der Waals surface area contributed by atoms with Crippen molar-refractivity contribution in [3.05, 3.63) is 29.8 Å². The molecule has 1 rings (SSSR count). The third kappa shape index (κ3) is 5.29. The molecule has 0 saturated carbocycles. The lowest BCUT2D eigenvalue weighted by molar-refractivity contribution is -0.120. The molecule has 0 unspecified atom stereocenters. The van der Waals surface area contributed by atoms with E-state index in [1.807, 2.05) is 0 Å². The summed E-state index contributed by atoms with van der Waals surface area (Å²) in [4.78, 5) is 11.6. The topological polar surface area (TPSA) is 83.5 Å². The van der Waals surface area contributed by atoms with Gasteiger partial charge in [-0.05, 0) is 24.0 Å². The predicted molar refractivity (Wildman–Crippen MR) is 80.8 cm³/mol. The SMILES string of the molecule is CSCC(=O)N[C@H](CF)[C@H](O)c1ccc(S(C)(=O)=O)cc1. The Bertz CT molecular complexity index is 574. The zero-order valence-corrected chi connectivity index (χ0v) is 13.4. The van der Waals surface area contributed by atoms with Crippen LogP contribution in [0.25, 0.3) is 0 Å². The van der Waals surface area contributed by atoms with E-state index in [2.05, 4.69) is 5.32 Å². The Morgan fingerprint density at radius 1 is 1.38 bits per heavy atom. The lowest BCUT2D eigenvalue weighted by atomic mass is 10.0. The van der Waals surface area contributed by atoms with Gasteiger partial charge in [-0.1, -0.05) is 12.1 Å². The van der Waals surface area contributed by atoms with Gasteiger partial charge in [0.25, 0.3) is 0 Å². The summed E-state index contributed by atoms with van der Waals surface area (Å²) in [5.41, 5.74) is 0.342. The van der Waals surface area contributed by atoms with E-state index >= 15 is 0 Å². The molecule has 0 saturated heterocycles. The number of thioether (sulfide) groups is 1. The Balaban J connectivity index is 2.85. The first-order chi connectivity index (χ1) is 9.79. The number of aliphatic hydroxyl groups is 1. The van der Waals surface area contributed by atoms with Crippen LogP contribution in [0.4, 0.5) is 4.39 Å². The highest BCUT2D eigenvalue weighted by atomic mass is 32.2. The molecule has 0 aromatic heterocycles. The first kappa shape index (κ1) is 17.9.